The van der Waals surface area contributed by atoms with Crippen molar-refractivity contribution < 1.29 is 61.7 Å². The molecular formula is C69H97Cl2N15O13. The molecule has 540 valence electrons. The van der Waals surface area contributed by atoms with E-state index in [1.54, 1.807) is 12.1 Å². The number of rotatable bonds is 49. The number of benzene rings is 4. The molecule has 2 aliphatic heterocycles. The summed E-state index contributed by atoms with van der Waals surface area (Å²) in [4.78, 5) is 56.4. The van der Waals surface area contributed by atoms with Crippen molar-refractivity contribution >= 4 is 85.9 Å². The highest BCUT2D eigenvalue weighted by Crippen LogP contribution is 2.33. The third-order valence-corrected chi connectivity index (χ3v) is 16.3. The number of carbonyl (C=O) groups is 2. The van der Waals surface area contributed by atoms with Crippen LogP contribution < -0.4 is 37.6 Å². The van der Waals surface area contributed by atoms with Crippen molar-refractivity contribution in [1.82, 2.24) is 40.4 Å². The van der Waals surface area contributed by atoms with Crippen LogP contribution in [0.3, 0.4) is 0 Å². The first kappa shape index (κ1) is 77.6. The number of piperazine rings is 2. The predicted molar refractivity (Wildman–Crippen MR) is 383 cm³/mol. The molecule has 4 aromatic carbocycles. The fourth-order valence-corrected chi connectivity index (χ4v) is 11.0. The number of guanidine groups is 1. The minimum Gasteiger partial charge on any atom is -0.387 e. The molecule has 30 heteroatoms. The summed E-state index contributed by atoms with van der Waals surface area (Å²) in [6, 6.07) is 27.7. The highest BCUT2D eigenvalue weighted by molar-refractivity contribution is 6.31. The number of nitrogens with zero attached hydrogens (tertiary/aromatic N) is 9. The van der Waals surface area contributed by atoms with E-state index in [4.69, 9.17) is 103 Å². The zero-order valence-electron chi connectivity index (χ0n) is 56.6. The molecule has 2 saturated heterocycles. The van der Waals surface area contributed by atoms with Crippen molar-refractivity contribution in [3.63, 3.8) is 0 Å². The summed E-state index contributed by atoms with van der Waals surface area (Å²) in [6.45, 7) is 19.5. The number of carbonyl (C=O) groups excluding carboxylic acids is 2. The Hall–Kier alpha value is -7.10. The number of fused-ring (bicyclic) bond motifs is 2. The average molecular weight is 1420 g/mol. The Morgan fingerprint density at radius 3 is 1.17 bits per heavy atom. The number of hydrogen-bond acceptors (Lipinski definition) is 23. The first-order chi connectivity index (χ1) is 48.4. The molecule has 0 radical (unpaired) electrons. The molecule has 8 rings (SSSR count). The van der Waals surface area contributed by atoms with Crippen molar-refractivity contribution in [2.45, 2.75) is 19.3 Å². The predicted octanol–water partition coefficient (Wildman–Crippen LogP) is 4.74. The topological polar surface area (TPSA) is 339 Å². The number of nitrogens with two attached hydrogens (primary N) is 3. The molecule has 0 spiro atoms. The number of halogens is 2. The summed E-state index contributed by atoms with van der Waals surface area (Å²) >= 11 is 12.7. The Morgan fingerprint density at radius 1 is 0.434 bits per heavy atom. The molecule has 28 nitrogen and oxygen atoms in total. The van der Waals surface area contributed by atoms with Crippen LogP contribution in [0.25, 0.3) is 44.3 Å². The first-order valence-corrected chi connectivity index (χ1v) is 34.6. The van der Waals surface area contributed by atoms with Crippen molar-refractivity contribution in [2.75, 3.05) is 234 Å². The first-order valence-electron chi connectivity index (χ1n) is 33.8. The van der Waals surface area contributed by atoms with Gasteiger partial charge in [-0.2, -0.15) is 4.99 Å². The molecule has 0 unspecified atom stereocenters. The van der Waals surface area contributed by atoms with Crippen LogP contribution in [0.4, 0.5) is 17.3 Å². The van der Waals surface area contributed by atoms with E-state index in [9.17, 15) is 9.59 Å². The smallest absolute Gasteiger partial charge is 0.253 e. The molecule has 99 heavy (non-hydrogen) atoms. The molecule has 0 bridgehead atoms. The molecule has 4 heterocycles. The number of aromatic nitrogens is 4. The van der Waals surface area contributed by atoms with Gasteiger partial charge in [0.1, 0.15) is 5.82 Å². The highest BCUT2D eigenvalue weighted by atomic mass is 35.5. The zero-order chi connectivity index (χ0) is 69.5. The van der Waals surface area contributed by atoms with Crippen LogP contribution in [0.15, 0.2) is 89.9 Å². The minimum atomic E-state index is -0.111. The van der Waals surface area contributed by atoms with Crippen molar-refractivity contribution in [3.8, 4) is 22.5 Å². The maximum Gasteiger partial charge on any atom is 0.253 e. The summed E-state index contributed by atoms with van der Waals surface area (Å²) in [5.41, 5.74) is 24.0. The number of ether oxygens (including phenoxy) is 11. The van der Waals surface area contributed by atoms with Crippen LogP contribution >= 0.6 is 23.2 Å². The molecule has 0 saturated carbocycles. The van der Waals surface area contributed by atoms with E-state index in [2.05, 4.69) is 86.6 Å². The molecule has 6 aromatic rings. The second-order valence-electron chi connectivity index (χ2n) is 23.1. The third-order valence-electron chi connectivity index (χ3n) is 15.8. The average Bonchev–Trinajstić information content (AvgIpc) is 0.811. The normalized spacial score (nSPS) is 13.8. The Kier molecular flexibility index (Phi) is 35.2. The largest absolute Gasteiger partial charge is 0.387 e. The summed E-state index contributed by atoms with van der Waals surface area (Å²) in [7, 11) is 0. The number of amides is 2. The molecule has 9 N–H and O–H groups in total. The van der Waals surface area contributed by atoms with E-state index in [1.165, 1.54) is 0 Å². The SMILES string of the molecule is N=C(N)Cc1nc(-c2ccc(N3CCN(CCOCCOCCOCCNC(=O)CCOCCOCCOCCOCCOCCC(=O)NCCOCCOCCOCCN4CCN(c5ccc(-c6nc(N=C(N)N)nc7ccc(Cl)cc67)cc5)CC4)CC3)cc2)c2cc(Cl)ccc2n1. The molecule has 0 atom stereocenters. The standard InChI is InChI=1S/C69H97Cl2N15O13/c70-54-5-11-60-58(49-54)66(80-63(78-60)51-62(72)73)52-1-7-56(8-2-52)85-21-17-83(18-22-85)25-31-93-37-43-97-41-35-91-29-15-76-64(87)13-27-89-33-39-95-45-47-99-48-46-96-40-34-90-28-14-65(88)77-16-30-92-36-42-98-44-38-94-32-26-84-19-23-86(24-20-84)57-9-3-53(4-10-57)67-59-50-55(71)6-12-61(59)79-69(81-67)82-68(74)75/h1-12,49-50H,13-48,51H2,(H3,72,73)(H,76,87)(H,77,88)(H4,74,75,79,81,82). The van der Waals surface area contributed by atoms with Gasteiger partial charge in [0.2, 0.25) is 11.8 Å². The van der Waals surface area contributed by atoms with Crippen molar-refractivity contribution in [1.29, 1.82) is 5.41 Å². The Morgan fingerprint density at radius 2 is 0.788 bits per heavy atom. The van der Waals surface area contributed by atoms with Gasteiger partial charge in [-0.05, 0) is 60.7 Å². The van der Waals surface area contributed by atoms with Crippen molar-refractivity contribution in [2.24, 2.45) is 22.2 Å². The number of amidine groups is 1. The van der Waals surface area contributed by atoms with Crippen LogP contribution in [-0.2, 0) is 68.1 Å². The number of hydrogen-bond donors (Lipinski definition) is 6. The quantitative estimate of drug-likeness (QED) is 0.0171. The lowest BCUT2D eigenvalue weighted by Crippen LogP contribution is -2.47. The fraction of sp³-hybridized carbons (Fsp3) is 0.536. The molecule has 2 amide bonds. The molecule has 2 aliphatic rings. The van der Waals surface area contributed by atoms with Gasteiger partial charge in [0.15, 0.2) is 5.96 Å². The monoisotopic (exact) mass is 1410 g/mol. The van der Waals surface area contributed by atoms with E-state index in [0.29, 0.717) is 186 Å². The van der Waals surface area contributed by atoms with Crippen LogP contribution in [0.5, 0.6) is 0 Å². The van der Waals surface area contributed by atoms with Crippen LogP contribution in [0.2, 0.25) is 10.0 Å². The minimum absolute atomic E-state index is 0.0135. The number of aliphatic imine (C=N–C) groups is 1. The van der Waals surface area contributed by atoms with Crippen LogP contribution in [0.1, 0.15) is 18.7 Å². The molecule has 0 aliphatic carbocycles. The fourth-order valence-electron chi connectivity index (χ4n) is 10.7. The van der Waals surface area contributed by atoms with E-state index in [-0.39, 0.29) is 48.8 Å². The van der Waals surface area contributed by atoms with Crippen molar-refractivity contribution in [3.05, 3.63) is 101 Å². The van der Waals surface area contributed by atoms with Gasteiger partial charge < -0.3 is 89.7 Å². The summed E-state index contributed by atoms with van der Waals surface area (Å²) in [5, 5.41) is 16.3. The molecule has 2 fully saturated rings. The highest BCUT2D eigenvalue weighted by Gasteiger charge is 2.21. The summed E-state index contributed by atoms with van der Waals surface area (Å²) in [6.07, 6.45) is 0.677. The Bertz CT molecular complexity index is 3390. The van der Waals surface area contributed by atoms with Gasteiger partial charge in [-0.3, -0.25) is 24.8 Å². The van der Waals surface area contributed by atoms with E-state index in [1.807, 2.05) is 36.4 Å². The molecule has 2 aromatic heterocycles. The van der Waals surface area contributed by atoms with Gasteiger partial charge in [0.05, 0.1) is 180 Å². The van der Waals surface area contributed by atoms with Gasteiger partial charge in [-0.25, -0.2) is 19.9 Å². The molecular weight excluding hydrogens is 1320 g/mol. The Balaban J connectivity index is 0.493. The van der Waals surface area contributed by atoms with E-state index in [0.717, 1.165) is 110 Å². The summed E-state index contributed by atoms with van der Waals surface area (Å²) in [5.74, 6) is 0.385. The van der Waals surface area contributed by atoms with Gasteiger partial charge in [0, 0.05) is 135 Å². The van der Waals surface area contributed by atoms with E-state index < -0.39 is 0 Å². The second kappa shape index (κ2) is 44.9. The van der Waals surface area contributed by atoms with Crippen LogP contribution in [0, 0.1) is 5.41 Å². The number of nitrogens with one attached hydrogen (secondary N) is 3. The van der Waals surface area contributed by atoms with Gasteiger partial charge in [-0.15, -0.1) is 0 Å². The maximum absolute atomic E-state index is 12.1. The van der Waals surface area contributed by atoms with Gasteiger partial charge in [-0.1, -0.05) is 47.5 Å². The van der Waals surface area contributed by atoms with Gasteiger partial charge in [0.25, 0.3) is 5.95 Å². The third kappa shape index (κ3) is 29.2. The zero-order valence-corrected chi connectivity index (χ0v) is 58.1. The lowest BCUT2D eigenvalue weighted by atomic mass is 10.1. The van der Waals surface area contributed by atoms with Crippen LogP contribution in [-0.4, -0.2) is 277 Å². The summed E-state index contributed by atoms with van der Waals surface area (Å²) < 4.78 is 61.7. The van der Waals surface area contributed by atoms with E-state index >= 15 is 0 Å². The maximum atomic E-state index is 12.1. The second-order valence-corrected chi connectivity index (χ2v) is 24.0. The Labute approximate surface area is 589 Å². The lowest BCUT2D eigenvalue weighted by molar-refractivity contribution is -0.123. The number of anilines is 2. The van der Waals surface area contributed by atoms with Gasteiger partial charge >= 0.3 is 0 Å². The lowest BCUT2D eigenvalue weighted by Gasteiger charge is -2.36.